The largest absolute Gasteiger partial charge is 0.383 e. The van der Waals surface area contributed by atoms with Gasteiger partial charge in [-0.25, -0.2) is 0 Å². The molecule has 2 aliphatic heterocycles. The number of hydrogen-bond donors (Lipinski definition) is 0. The van der Waals surface area contributed by atoms with Gasteiger partial charge in [0.1, 0.15) is 29.5 Å². The molecule has 0 spiro atoms. The molecule has 0 radical (unpaired) electrons. The van der Waals surface area contributed by atoms with Crippen LogP contribution >= 0.6 is 0 Å². The summed E-state index contributed by atoms with van der Waals surface area (Å²) in [7, 11) is 3.77. The van der Waals surface area contributed by atoms with Gasteiger partial charge in [0.25, 0.3) is 0 Å². The van der Waals surface area contributed by atoms with E-state index in [2.05, 4.69) is 42.5 Å². The second-order valence-electron chi connectivity index (χ2n) is 11.0. The summed E-state index contributed by atoms with van der Waals surface area (Å²) in [5, 5.41) is 10.0. The van der Waals surface area contributed by atoms with Crippen LogP contribution in [0.4, 0.5) is 0 Å². The third-order valence-electron chi connectivity index (χ3n) is 7.42. The second kappa shape index (κ2) is 10.6. The molecule has 3 aromatic rings. The van der Waals surface area contributed by atoms with Crippen LogP contribution in [-0.4, -0.2) is 55.3 Å². The van der Waals surface area contributed by atoms with Crippen molar-refractivity contribution >= 4 is 0 Å². The zero-order valence-electron chi connectivity index (χ0n) is 23.2. The molecule has 2 aliphatic rings. The first kappa shape index (κ1) is 27.1. The molecule has 6 nitrogen and oxygen atoms in total. The molecular formula is C33H36N2O4. The van der Waals surface area contributed by atoms with Crippen LogP contribution in [0.15, 0.2) is 103 Å². The van der Waals surface area contributed by atoms with Crippen molar-refractivity contribution in [2.24, 2.45) is 0 Å². The van der Waals surface area contributed by atoms with Gasteiger partial charge in [-0.15, -0.1) is 0 Å². The van der Waals surface area contributed by atoms with Crippen LogP contribution in [0.2, 0.25) is 0 Å². The molecule has 3 aromatic carbocycles. The fourth-order valence-corrected chi connectivity index (χ4v) is 5.98. The van der Waals surface area contributed by atoms with E-state index in [0.29, 0.717) is 5.57 Å². The first-order chi connectivity index (χ1) is 18.7. The molecule has 6 heteroatoms. The van der Waals surface area contributed by atoms with Crippen molar-refractivity contribution < 1.29 is 18.9 Å². The van der Waals surface area contributed by atoms with Crippen molar-refractivity contribution in [3.8, 4) is 6.07 Å². The lowest BCUT2D eigenvalue weighted by molar-refractivity contribution is -0.203. The molecular weight excluding hydrogens is 488 g/mol. The van der Waals surface area contributed by atoms with E-state index in [1.165, 1.54) is 0 Å². The van der Waals surface area contributed by atoms with Gasteiger partial charge in [-0.3, -0.25) is 0 Å². The number of benzene rings is 3. The maximum Gasteiger partial charge on any atom is 0.164 e. The van der Waals surface area contributed by atoms with Gasteiger partial charge in [-0.1, -0.05) is 91.0 Å². The SMILES string of the molecule is CN(C)C=C(C#N)C1OC(COC(c2ccccc2)(c2ccccc2)c2ccccc2)[C@H]2OC(C)(C)O[C@@]12C. The van der Waals surface area contributed by atoms with Crippen molar-refractivity contribution in [2.45, 2.75) is 56.1 Å². The zero-order chi connectivity index (χ0) is 27.7. The number of hydrogen-bond acceptors (Lipinski definition) is 6. The molecule has 0 saturated carbocycles. The van der Waals surface area contributed by atoms with Crippen molar-refractivity contribution in [1.29, 1.82) is 5.26 Å². The summed E-state index contributed by atoms with van der Waals surface area (Å²) in [5.74, 6) is -0.826. The lowest BCUT2D eigenvalue weighted by Crippen LogP contribution is -2.45. The third-order valence-corrected chi connectivity index (χ3v) is 7.42. The van der Waals surface area contributed by atoms with Crippen LogP contribution in [0.5, 0.6) is 0 Å². The van der Waals surface area contributed by atoms with E-state index in [-0.39, 0.29) is 6.61 Å². The van der Waals surface area contributed by atoms with Crippen LogP contribution in [0.3, 0.4) is 0 Å². The summed E-state index contributed by atoms with van der Waals surface area (Å²) in [5.41, 5.74) is 1.76. The maximum atomic E-state index is 10.0. The molecule has 0 aromatic heterocycles. The van der Waals surface area contributed by atoms with Gasteiger partial charge in [-0.2, -0.15) is 5.26 Å². The summed E-state index contributed by atoms with van der Waals surface area (Å²) < 4.78 is 26.5. The number of rotatable bonds is 8. The van der Waals surface area contributed by atoms with E-state index in [1.807, 2.05) is 94.4 Å². The molecule has 4 atom stereocenters. The summed E-state index contributed by atoms with van der Waals surface area (Å²) in [6, 6.07) is 33.1. The Hall–Kier alpha value is -3.47. The minimum atomic E-state index is -0.895. The standard InChI is InChI=1S/C33H36N2O4/c1-31(2)38-30-28(37-29(32(30,3)39-31)24(21-34)22-35(4)5)23-36-33(25-15-9-6-10-16-25,26-17-11-7-12-18-26)27-19-13-8-14-20-27/h6-20,22,28-30H,23H2,1-5H3/t28?,29?,30-,32+/m1/s1. The fraction of sp³-hybridized carbons (Fsp3) is 0.364. The minimum absolute atomic E-state index is 0.218. The molecule has 0 amide bonds. The van der Waals surface area contributed by atoms with E-state index in [0.717, 1.165) is 16.7 Å². The van der Waals surface area contributed by atoms with Crippen LogP contribution < -0.4 is 0 Å². The topological polar surface area (TPSA) is 64.0 Å². The van der Waals surface area contributed by atoms with Crippen LogP contribution in [0, 0.1) is 11.3 Å². The van der Waals surface area contributed by atoms with Gasteiger partial charge in [0, 0.05) is 20.3 Å². The van der Waals surface area contributed by atoms with Gasteiger partial charge in [-0.05, 0) is 37.5 Å². The van der Waals surface area contributed by atoms with Crippen LogP contribution in [0.1, 0.15) is 37.5 Å². The Bertz CT molecular complexity index is 1240. The maximum absolute atomic E-state index is 10.0. The average molecular weight is 525 g/mol. The molecule has 2 fully saturated rings. The first-order valence-electron chi connectivity index (χ1n) is 13.3. The van der Waals surface area contributed by atoms with Gasteiger partial charge in [0.15, 0.2) is 5.79 Å². The Morgan fingerprint density at radius 2 is 1.38 bits per heavy atom. The average Bonchev–Trinajstić information content (AvgIpc) is 3.34. The van der Waals surface area contributed by atoms with E-state index < -0.39 is 35.3 Å². The predicted octanol–water partition coefficient (Wildman–Crippen LogP) is 5.64. The van der Waals surface area contributed by atoms with E-state index in [1.54, 1.807) is 6.20 Å². The van der Waals surface area contributed by atoms with Gasteiger partial charge < -0.3 is 23.8 Å². The highest BCUT2D eigenvalue weighted by Crippen LogP contribution is 2.49. The smallest absolute Gasteiger partial charge is 0.164 e. The summed E-state index contributed by atoms with van der Waals surface area (Å²) in [4.78, 5) is 1.84. The lowest BCUT2D eigenvalue weighted by Gasteiger charge is -2.37. The number of nitriles is 1. The fourth-order valence-electron chi connectivity index (χ4n) is 5.98. The van der Waals surface area contributed by atoms with Crippen LogP contribution in [-0.2, 0) is 24.5 Å². The summed E-state index contributed by atoms with van der Waals surface area (Å²) in [6.07, 6.45) is 0.269. The molecule has 0 bridgehead atoms. The Balaban J connectivity index is 1.58. The molecule has 202 valence electrons. The van der Waals surface area contributed by atoms with Gasteiger partial charge >= 0.3 is 0 Å². The van der Waals surface area contributed by atoms with Gasteiger partial charge in [0.2, 0.25) is 0 Å². The highest BCUT2D eigenvalue weighted by Gasteiger charge is 2.64. The van der Waals surface area contributed by atoms with Crippen molar-refractivity contribution in [3.63, 3.8) is 0 Å². The Morgan fingerprint density at radius 3 is 1.82 bits per heavy atom. The third kappa shape index (κ3) is 4.99. The monoisotopic (exact) mass is 524 g/mol. The minimum Gasteiger partial charge on any atom is -0.383 e. The lowest BCUT2D eigenvalue weighted by atomic mass is 9.80. The quantitative estimate of drug-likeness (QED) is 0.281. The Labute approximate surface area is 231 Å². The molecule has 2 heterocycles. The van der Waals surface area contributed by atoms with Gasteiger partial charge in [0.05, 0.1) is 18.2 Å². The molecule has 5 rings (SSSR count). The van der Waals surface area contributed by atoms with E-state index in [9.17, 15) is 5.26 Å². The first-order valence-corrected chi connectivity index (χ1v) is 13.3. The molecule has 39 heavy (non-hydrogen) atoms. The molecule has 0 N–H and O–H groups in total. The summed E-state index contributed by atoms with van der Waals surface area (Å²) >= 11 is 0. The Kier molecular flexibility index (Phi) is 7.37. The zero-order valence-corrected chi connectivity index (χ0v) is 23.2. The Morgan fingerprint density at radius 1 is 0.897 bits per heavy atom. The van der Waals surface area contributed by atoms with Crippen molar-refractivity contribution in [1.82, 2.24) is 4.90 Å². The normalized spacial score (nSPS) is 26.2. The number of fused-ring (bicyclic) bond motifs is 1. The van der Waals surface area contributed by atoms with E-state index >= 15 is 0 Å². The predicted molar refractivity (Wildman–Crippen MR) is 150 cm³/mol. The molecule has 2 saturated heterocycles. The molecule has 2 unspecified atom stereocenters. The second-order valence-corrected chi connectivity index (χ2v) is 11.0. The van der Waals surface area contributed by atoms with E-state index in [4.69, 9.17) is 18.9 Å². The highest BCUT2D eigenvalue weighted by atomic mass is 16.8. The number of nitrogens with zero attached hydrogens (tertiary/aromatic N) is 2. The summed E-state index contributed by atoms with van der Waals surface area (Å²) in [6.45, 7) is 5.98. The molecule has 0 aliphatic carbocycles. The highest BCUT2D eigenvalue weighted by molar-refractivity contribution is 5.47. The van der Waals surface area contributed by atoms with Crippen LogP contribution in [0.25, 0.3) is 0 Å². The van der Waals surface area contributed by atoms with Crippen molar-refractivity contribution in [2.75, 3.05) is 20.7 Å². The van der Waals surface area contributed by atoms with Crippen molar-refractivity contribution in [3.05, 3.63) is 119 Å². The number of ether oxygens (including phenoxy) is 4.